The Morgan fingerprint density at radius 3 is 2.40 bits per heavy atom. The Hall–Kier alpha value is -0.100. The first-order chi connectivity index (χ1) is 7.08. The van der Waals surface area contributed by atoms with Crippen LogP contribution in [0.4, 0.5) is 0 Å². The summed E-state index contributed by atoms with van der Waals surface area (Å²) in [6, 6.07) is 0. The van der Waals surface area contributed by atoms with Crippen molar-refractivity contribution in [3.05, 3.63) is 33.4 Å². The molecule has 0 radical (unpaired) electrons. The van der Waals surface area contributed by atoms with Crippen molar-refractivity contribution in [1.29, 1.82) is 0 Å². The maximum Gasteiger partial charge on any atom is 0.0815 e. The molecule has 0 spiro atoms. The van der Waals surface area contributed by atoms with Gasteiger partial charge in [0.15, 0.2) is 0 Å². The Morgan fingerprint density at radius 1 is 1.40 bits per heavy atom. The molecule has 0 aromatic carbocycles. The number of ether oxygens (including phenoxy) is 1. The van der Waals surface area contributed by atoms with Gasteiger partial charge in [0.05, 0.1) is 13.2 Å². The van der Waals surface area contributed by atoms with Gasteiger partial charge in [-0.15, -0.1) is 0 Å². The number of allylic oxidation sites excluding steroid dienone is 2. The molecule has 1 atom stereocenters. The van der Waals surface area contributed by atoms with E-state index < -0.39 is 0 Å². The maximum atomic E-state index is 5.26. The molecule has 3 nitrogen and oxygen atoms in total. The second kappa shape index (κ2) is 8.10. The van der Waals surface area contributed by atoms with E-state index in [-0.39, 0.29) is 6.10 Å². The molecule has 0 rings (SSSR count). The van der Waals surface area contributed by atoms with Crippen molar-refractivity contribution < 1.29 is 9.57 Å². The Bertz CT molecular complexity index is 275. The first-order valence-corrected chi connectivity index (χ1v) is 5.86. The lowest BCUT2D eigenvalue weighted by molar-refractivity contribution is 0.127. The first kappa shape index (κ1) is 14.9. The molecule has 0 bridgehead atoms. The zero-order chi connectivity index (χ0) is 11.8. The fourth-order valence-electron chi connectivity index (χ4n) is 0.919. The van der Waals surface area contributed by atoms with Gasteiger partial charge in [0, 0.05) is 27.8 Å². The molecular formula is C10H15Br2NO2. The van der Waals surface area contributed by atoms with Crippen LogP contribution in [0.2, 0.25) is 0 Å². The van der Waals surface area contributed by atoms with Crippen LogP contribution in [0.15, 0.2) is 33.4 Å². The smallest absolute Gasteiger partial charge is 0.0815 e. The zero-order valence-corrected chi connectivity index (χ0v) is 12.2. The van der Waals surface area contributed by atoms with E-state index in [0.717, 1.165) is 14.5 Å². The third-order valence-electron chi connectivity index (χ3n) is 1.76. The molecule has 0 amide bonds. The molecule has 1 N–H and O–H groups in total. The second-order valence-corrected chi connectivity index (χ2v) is 4.37. The molecule has 0 saturated heterocycles. The third kappa shape index (κ3) is 4.97. The summed E-state index contributed by atoms with van der Waals surface area (Å²) in [5, 5.41) is 0. The Labute approximate surface area is 107 Å². The van der Waals surface area contributed by atoms with Gasteiger partial charge in [-0.25, -0.2) is 0 Å². The van der Waals surface area contributed by atoms with E-state index in [1.54, 1.807) is 26.5 Å². The minimum atomic E-state index is -0.0540. The van der Waals surface area contributed by atoms with Crippen molar-refractivity contribution >= 4 is 31.9 Å². The van der Waals surface area contributed by atoms with Crippen molar-refractivity contribution in [2.24, 2.45) is 0 Å². The highest BCUT2D eigenvalue weighted by Crippen LogP contribution is 2.28. The summed E-state index contributed by atoms with van der Waals surface area (Å²) in [6.45, 7) is 5.65. The summed E-state index contributed by atoms with van der Waals surface area (Å²) in [5.74, 6) is 0. The van der Waals surface area contributed by atoms with E-state index in [9.17, 15) is 0 Å². The van der Waals surface area contributed by atoms with Gasteiger partial charge < -0.3 is 4.74 Å². The lowest BCUT2D eigenvalue weighted by Gasteiger charge is -2.15. The molecule has 0 aromatic rings. The van der Waals surface area contributed by atoms with E-state index in [2.05, 4.69) is 43.9 Å². The zero-order valence-electron chi connectivity index (χ0n) is 9.01. The number of hydrogen-bond acceptors (Lipinski definition) is 3. The van der Waals surface area contributed by atoms with E-state index in [4.69, 9.17) is 9.57 Å². The molecule has 0 fully saturated rings. The highest BCUT2D eigenvalue weighted by molar-refractivity contribution is 9.12. The highest BCUT2D eigenvalue weighted by Gasteiger charge is 2.14. The van der Waals surface area contributed by atoms with E-state index in [1.807, 2.05) is 6.92 Å². The van der Waals surface area contributed by atoms with Gasteiger partial charge in [0.25, 0.3) is 0 Å². The second-order valence-electron chi connectivity index (χ2n) is 2.66. The molecule has 86 valence electrons. The molecule has 0 heterocycles. The largest absolute Gasteiger partial charge is 0.377 e. The minimum absolute atomic E-state index is 0.0540. The van der Waals surface area contributed by atoms with Gasteiger partial charge >= 0.3 is 0 Å². The molecule has 0 aliphatic rings. The van der Waals surface area contributed by atoms with Gasteiger partial charge in [0.2, 0.25) is 0 Å². The van der Waals surface area contributed by atoms with Crippen LogP contribution in [-0.2, 0) is 9.57 Å². The average Bonchev–Trinajstić information content (AvgIpc) is 2.25. The van der Waals surface area contributed by atoms with Crippen LogP contribution >= 0.6 is 31.9 Å². The lowest BCUT2D eigenvalue weighted by atomic mass is 10.1. The van der Waals surface area contributed by atoms with Gasteiger partial charge in [-0.05, 0) is 22.9 Å². The maximum absolute atomic E-state index is 5.26. The van der Waals surface area contributed by atoms with Crippen LogP contribution in [-0.4, -0.2) is 20.3 Å². The van der Waals surface area contributed by atoms with Crippen LogP contribution in [0.1, 0.15) is 6.92 Å². The fourth-order valence-corrected chi connectivity index (χ4v) is 2.35. The van der Waals surface area contributed by atoms with E-state index in [0.29, 0.717) is 0 Å². The lowest BCUT2D eigenvalue weighted by Crippen LogP contribution is -2.12. The Balaban J connectivity index is 5.03. The van der Waals surface area contributed by atoms with Crippen LogP contribution in [0.25, 0.3) is 0 Å². The van der Waals surface area contributed by atoms with Crippen LogP contribution in [0.3, 0.4) is 0 Å². The molecule has 5 heteroatoms. The van der Waals surface area contributed by atoms with Crippen molar-refractivity contribution in [1.82, 2.24) is 5.48 Å². The minimum Gasteiger partial charge on any atom is -0.377 e. The number of rotatable bonds is 6. The number of methoxy groups -OCH3 is 1. The van der Waals surface area contributed by atoms with Gasteiger partial charge in [0.1, 0.15) is 0 Å². The molecular weight excluding hydrogens is 326 g/mol. The van der Waals surface area contributed by atoms with Crippen LogP contribution in [0, 0.1) is 0 Å². The standard InChI is InChI=1S/C10H15Br2NO2/c1-5-8(11)10(7(2)14-3)9(12)6-13-15-4/h5-7,13H,1H2,2-4H3/b9-6+,10-8+. The Morgan fingerprint density at radius 2 is 2.00 bits per heavy atom. The number of hydroxylamine groups is 1. The van der Waals surface area contributed by atoms with Crippen LogP contribution in [0.5, 0.6) is 0 Å². The molecule has 0 aliphatic heterocycles. The molecule has 15 heavy (non-hydrogen) atoms. The van der Waals surface area contributed by atoms with Gasteiger partial charge in [-0.1, -0.05) is 28.6 Å². The highest BCUT2D eigenvalue weighted by atomic mass is 79.9. The molecule has 1 unspecified atom stereocenters. The Kier molecular flexibility index (Phi) is 8.04. The third-order valence-corrected chi connectivity index (χ3v) is 3.16. The van der Waals surface area contributed by atoms with E-state index in [1.165, 1.54) is 0 Å². The topological polar surface area (TPSA) is 30.5 Å². The average molecular weight is 341 g/mol. The number of nitrogens with one attached hydrogen (secondary N) is 1. The quantitative estimate of drug-likeness (QED) is 0.594. The number of hydrogen-bond donors (Lipinski definition) is 1. The summed E-state index contributed by atoms with van der Waals surface area (Å²) >= 11 is 6.85. The molecule has 0 aromatic heterocycles. The normalized spacial score (nSPS) is 15.7. The van der Waals surface area contributed by atoms with Crippen LogP contribution < -0.4 is 5.48 Å². The van der Waals surface area contributed by atoms with Crippen molar-refractivity contribution in [3.63, 3.8) is 0 Å². The summed E-state index contributed by atoms with van der Waals surface area (Å²) in [6.07, 6.45) is 3.35. The van der Waals surface area contributed by atoms with Gasteiger partial charge in [-0.3, -0.25) is 10.3 Å². The predicted octanol–water partition coefficient (Wildman–Crippen LogP) is 3.24. The predicted molar refractivity (Wildman–Crippen MR) is 69.8 cm³/mol. The number of halogens is 2. The van der Waals surface area contributed by atoms with Crippen molar-refractivity contribution in [2.45, 2.75) is 13.0 Å². The summed E-state index contributed by atoms with van der Waals surface area (Å²) in [5.41, 5.74) is 3.59. The molecule has 0 saturated carbocycles. The fraction of sp³-hybridized carbons (Fsp3) is 0.400. The van der Waals surface area contributed by atoms with Gasteiger partial charge in [-0.2, -0.15) is 0 Å². The molecule has 0 aliphatic carbocycles. The first-order valence-electron chi connectivity index (χ1n) is 4.27. The summed E-state index contributed by atoms with van der Waals surface area (Å²) in [7, 11) is 3.19. The van der Waals surface area contributed by atoms with Crippen molar-refractivity contribution in [2.75, 3.05) is 14.2 Å². The monoisotopic (exact) mass is 339 g/mol. The summed E-state index contributed by atoms with van der Waals surface area (Å²) in [4.78, 5) is 4.73. The SMILES string of the molecule is C=C/C(Br)=C(\C(Br)=C/NOC)C(C)OC. The summed E-state index contributed by atoms with van der Waals surface area (Å²) < 4.78 is 6.97. The van der Waals surface area contributed by atoms with E-state index >= 15 is 0 Å². The van der Waals surface area contributed by atoms with Crippen molar-refractivity contribution in [3.8, 4) is 0 Å².